The van der Waals surface area contributed by atoms with Crippen molar-refractivity contribution < 1.29 is 4.39 Å². The molecule has 0 saturated heterocycles. The monoisotopic (exact) mass is 196 g/mol. The molecule has 1 rings (SSSR count). The Morgan fingerprint density at radius 1 is 1.43 bits per heavy atom. The van der Waals surface area contributed by atoms with Crippen molar-refractivity contribution in [3.63, 3.8) is 0 Å². The maximum atomic E-state index is 12.8. The van der Waals surface area contributed by atoms with Gasteiger partial charge in [0, 0.05) is 6.54 Å². The fourth-order valence-corrected chi connectivity index (χ4v) is 1.18. The zero-order valence-electron chi connectivity index (χ0n) is 8.68. The van der Waals surface area contributed by atoms with E-state index in [0.29, 0.717) is 17.3 Å². The Labute approximate surface area is 84.3 Å². The molecule has 0 aliphatic carbocycles. The Balaban J connectivity index is 2.53. The van der Waals surface area contributed by atoms with Gasteiger partial charge in [0.05, 0.1) is 11.4 Å². The zero-order chi connectivity index (χ0) is 10.6. The minimum atomic E-state index is -0.258. The number of benzene rings is 1. The number of nitrogens with two attached hydrogens (primary N) is 1. The maximum Gasteiger partial charge on any atom is 0.125 e. The van der Waals surface area contributed by atoms with Gasteiger partial charge in [0.1, 0.15) is 5.82 Å². The lowest BCUT2D eigenvalue weighted by molar-refractivity contribution is 0.606. The van der Waals surface area contributed by atoms with Crippen molar-refractivity contribution in [1.82, 2.24) is 0 Å². The molecule has 0 heterocycles. The van der Waals surface area contributed by atoms with Gasteiger partial charge in [0.15, 0.2) is 0 Å². The van der Waals surface area contributed by atoms with Crippen LogP contribution in [0.25, 0.3) is 0 Å². The number of hydrogen-bond donors (Lipinski definition) is 2. The van der Waals surface area contributed by atoms with E-state index >= 15 is 0 Å². The molecule has 0 saturated carbocycles. The first-order valence-corrected chi connectivity index (χ1v) is 4.88. The normalized spacial score (nSPS) is 10.6. The lowest BCUT2D eigenvalue weighted by Crippen LogP contribution is -2.06. The molecule has 0 fully saturated rings. The van der Waals surface area contributed by atoms with Crippen LogP contribution in [0, 0.1) is 11.7 Å². The highest BCUT2D eigenvalue weighted by molar-refractivity contribution is 5.65. The molecule has 0 spiro atoms. The topological polar surface area (TPSA) is 38.0 Å². The average molecular weight is 196 g/mol. The van der Waals surface area contributed by atoms with Crippen LogP contribution in [0.15, 0.2) is 18.2 Å². The van der Waals surface area contributed by atoms with Crippen molar-refractivity contribution in [1.29, 1.82) is 0 Å². The van der Waals surface area contributed by atoms with Crippen LogP contribution >= 0.6 is 0 Å². The van der Waals surface area contributed by atoms with Crippen LogP contribution in [0.1, 0.15) is 20.3 Å². The zero-order valence-corrected chi connectivity index (χ0v) is 8.68. The second kappa shape index (κ2) is 4.84. The first-order valence-electron chi connectivity index (χ1n) is 4.88. The van der Waals surface area contributed by atoms with Crippen LogP contribution < -0.4 is 11.1 Å². The third kappa shape index (κ3) is 3.24. The summed E-state index contributed by atoms with van der Waals surface area (Å²) < 4.78 is 12.8. The highest BCUT2D eigenvalue weighted by Crippen LogP contribution is 2.19. The predicted molar refractivity (Wildman–Crippen MR) is 58.8 cm³/mol. The molecule has 3 heteroatoms. The van der Waals surface area contributed by atoms with Gasteiger partial charge in [0.25, 0.3) is 0 Å². The first-order chi connectivity index (χ1) is 6.59. The van der Waals surface area contributed by atoms with Gasteiger partial charge in [-0.3, -0.25) is 0 Å². The molecule has 78 valence electrons. The summed E-state index contributed by atoms with van der Waals surface area (Å²) in [5.74, 6) is 0.378. The summed E-state index contributed by atoms with van der Waals surface area (Å²) in [6.45, 7) is 5.12. The summed E-state index contributed by atoms with van der Waals surface area (Å²) in [5.41, 5.74) is 6.96. The Kier molecular flexibility index (Phi) is 3.74. The van der Waals surface area contributed by atoms with E-state index in [1.54, 1.807) is 6.07 Å². The molecule has 1 aromatic rings. The second-order valence-corrected chi connectivity index (χ2v) is 3.84. The predicted octanol–water partition coefficient (Wildman–Crippen LogP) is 2.87. The largest absolute Gasteiger partial charge is 0.397 e. The number of anilines is 2. The summed E-state index contributed by atoms with van der Waals surface area (Å²) in [6, 6.07) is 4.37. The van der Waals surface area contributed by atoms with Gasteiger partial charge in [-0.25, -0.2) is 4.39 Å². The van der Waals surface area contributed by atoms with Gasteiger partial charge in [0.2, 0.25) is 0 Å². The SMILES string of the molecule is CC(C)CCNc1cc(F)ccc1N. The number of halogens is 1. The standard InChI is InChI=1S/C11H17FN2/c1-8(2)5-6-14-11-7-9(12)3-4-10(11)13/h3-4,7-8,14H,5-6,13H2,1-2H3. The van der Waals surface area contributed by atoms with Gasteiger partial charge in [-0.05, 0) is 30.5 Å². The third-order valence-corrected chi connectivity index (χ3v) is 2.05. The summed E-state index contributed by atoms with van der Waals surface area (Å²) in [6.07, 6.45) is 1.05. The van der Waals surface area contributed by atoms with E-state index in [2.05, 4.69) is 19.2 Å². The Morgan fingerprint density at radius 3 is 2.79 bits per heavy atom. The fourth-order valence-electron chi connectivity index (χ4n) is 1.18. The van der Waals surface area contributed by atoms with Crippen LogP contribution in [0.3, 0.4) is 0 Å². The van der Waals surface area contributed by atoms with Crippen LogP contribution in [0.5, 0.6) is 0 Å². The van der Waals surface area contributed by atoms with Crippen LogP contribution in [-0.2, 0) is 0 Å². The molecular weight excluding hydrogens is 179 g/mol. The van der Waals surface area contributed by atoms with E-state index in [0.717, 1.165) is 13.0 Å². The van der Waals surface area contributed by atoms with Gasteiger partial charge < -0.3 is 11.1 Å². The van der Waals surface area contributed by atoms with Crippen LogP contribution in [0.2, 0.25) is 0 Å². The summed E-state index contributed by atoms with van der Waals surface area (Å²) in [7, 11) is 0. The fraction of sp³-hybridized carbons (Fsp3) is 0.455. The second-order valence-electron chi connectivity index (χ2n) is 3.84. The van der Waals surface area contributed by atoms with E-state index < -0.39 is 0 Å². The number of hydrogen-bond acceptors (Lipinski definition) is 2. The molecule has 1 aromatic carbocycles. The molecule has 0 unspecified atom stereocenters. The van der Waals surface area contributed by atoms with Crippen molar-refractivity contribution in [2.75, 3.05) is 17.6 Å². The third-order valence-electron chi connectivity index (χ3n) is 2.05. The van der Waals surface area contributed by atoms with Crippen molar-refractivity contribution in [3.8, 4) is 0 Å². The highest BCUT2D eigenvalue weighted by atomic mass is 19.1. The van der Waals surface area contributed by atoms with Gasteiger partial charge >= 0.3 is 0 Å². The van der Waals surface area contributed by atoms with Crippen molar-refractivity contribution in [2.24, 2.45) is 5.92 Å². The Morgan fingerprint density at radius 2 is 2.14 bits per heavy atom. The number of nitrogen functional groups attached to an aromatic ring is 1. The van der Waals surface area contributed by atoms with Crippen LogP contribution in [0.4, 0.5) is 15.8 Å². The van der Waals surface area contributed by atoms with E-state index in [-0.39, 0.29) is 5.82 Å². The van der Waals surface area contributed by atoms with Gasteiger partial charge in [-0.1, -0.05) is 13.8 Å². The molecule has 0 amide bonds. The molecule has 14 heavy (non-hydrogen) atoms. The lowest BCUT2D eigenvalue weighted by Gasteiger charge is -2.10. The molecule has 0 aromatic heterocycles. The number of nitrogens with one attached hydrogen (secondary N) is 1. The van der Waals surface area contributed by atoms with Crippen LogP contribution in [-0.4, -0.2) is 6.54 Å². The van der Waals surface area contributed by atoms with Gasteiger partial charge in [-0.15, -0.1) is 0 Å². The Hall–Kier alpha value is -1.25. The first kappa shape index (κ1) is 10.8. The van der Waals surface area contributed by atoms with Crippen molar-refractivity contribution >= 4 is 11.4 Å². The molecule has 0 radical (unpaired) electrons. The molecule has 0 bridgehead atoms. The van der Waals surface area contributed by atoms with E-state index in [4.69, 9.17) is 5.73 Å². The molecular formula is C11H17FN2. The summed E-state index contributed by atoms with van der Waals surface area (Å²) >= 11 is 0. The minimum absolute atomic E-state index is 0.258. The summed E-state index contributed by atoms with van der Waals surface area (Å²) in [5, 5.41) is 3.12. The number of rotatable bonds is 4. The molecule has 0 aliphatic rings. The smallest absolute Gasteiger partial charge is 0.125 e. The van der Waals surface area contributed by atoms with E-state index in [1.807, 2.05) is 0 Å². The molecule has 0 aliphatic heterocycles. The van der Waals surface area contributed by atoms with E-state index in [1.165, 1.54) is 12.1 Å². The minimum Gasteiger partial charge on any atom is -0.397 e. The average Bonchev–Trinajstić information content (AvgIpc) is 2.10. The quantitative estimate of drug-likeness (QED) is 0.727. The van der Waals surface area contributed by atoms with Crippen molar-refractivity contribution in [2.45, 2.75) is 20.3 Å². The molecule has 2 nitrogen and oxygen atoms in total. The highest BCUT2D eigenvalue weighted by Gasteiger charge is 2.00. The molecule has 0 atom stereocenters. The van der Waals surface area contributed by atoms with Crippen molar-refractivity contribution in [3.05, 3.63) is 24.0 Å². The Bertz CT molecular complexity index is 297. The maximum absolute atomic E-state index is 12.8. The lowest BCUT2D eigenvalue weighted by atomic mass is 10.1. The summed E-state index contributed by atoms with van der Waals surface area (Å²) in [4.78, 5) is 0. The molecule has 3 N–H and O–H groups in total. The van der Waals surface area contributed by atoms with E-state index in [9.17, 15) is 4.39 Å². The van der Waals surface area contributed by atoms with Gasteiger partial charge in [-0.2, -0.15) is 0 Å².